The highest BCUT2D eigenvalue weighted by Crippen LogP contribution is 2.33. The van der Waals surface area contributed by atoms with Gasteiger partial charge in [0.05, 0.1) is 18.0 Å². The Morgan fingerprint density at radius 2 is 1.28 bits per heavy atom. The van der Waals surface area contributed by atoms with Gasteiger partial charge in [-0.2, -0.15) is 0 Å². The molecule has 1 aliphatic rings. The number of fused-ring (bicyclic) bond motifs is 1. The second-order valence-corrected chi connectivity index (χ2v) is 10.2. The topological polar surface area (TPSA) is 59.1 Å². The van der Waals surface area contributed by atoms with Crippen LogP contribution in [0.5, 0.6) is 11.5 Å². The molecule has 1 heterocycles. The molecule has 1 fully saturated rings. The molecule has 0 spiro atoms. The Morgan fingerprint density at radius 3 is 1.93 bits per heavy atom. The van der Waals surface area contributed by atoms with Crippen molar-refractivity contribution in [2.45, 2.75) is 13.5 Å². The maximum atomic E-state index is 13.8. The van der Waals surface area contributed by atoms with Gasteiger partial charge in [-0.05, 0) is 83.5 Å². The van der Waals surface area contributed by atoms with Crippen molar-refractivity contribution in [2.24, 2.45) is 0 Å². The van der Waals surface area contributed by atoms with Gasteiger partial charge in [0, 0.05) is 0 Å². The van der Waals surface area contributed by atoms with E-state index in [1.807, 2.05) is 67.6 Å². The van der Waals surface area contributed by atoms with Crippen LogP contribution in [-0.2, 0) is 16.2 Å². The maximum Gasteiger partial charge on any atom is 0.270 e. The Bertz CT molecular complexity index is 1790. The number of benzene rings is 5. The number of hydrogen-bond acceptors (Lipinski definition) is 5. The number of thiocarbonyl (C=S) groups is 1. The molecule has 0 unspecified atom stereocenters. The number of rotatable bonds is 8. The standard InChI is InChI=1S/C36H28N2O4S/c1-2-41-33-23-25(20-21-32(33)42-24-27-14-11-13-26-12-9-10-19-30(26)27)22-31-34(39)37(28-15-5-3-6-16-28)36(43)38(35(31)40)29-17-7-4-8-18-29/h3-23H,2,24H2,1H3. The van der Waals surface area contributed by atoms with Gasteiger partial charge in [0.2, 0.25) is 0 Å². The fraction of sp³-hybridized carbons (Fsp3) is 0.0833. The second kappa shape index (κ2) is 12.3. The largest absolute Gasteiger partial charge is 0.490 e. The SMILES string of the molecule is CCOc1cc(C=C2C(=O)N(c3ccccc3)C(=S)N(c3ccccc3)C2=O)ccc1OCc1cccc2ccccc12. The molecule has 0 N–H and O–H groups in total. The lowest BCUT2D eigenvalue weighted by atomic mass is 10.0. The molecule has 0 saturated carbocycles. The van der Waals surface area contributed by atoms with Crippen molar-refractivity contribution >= 4 is 57.4 Å². The first-order chi connectivity index (χ1) is 21.0. The quantitative estimate of drug-likeness (QED) is 0.107. The molecule has 5 aromatic carbocycles. The summed E-state index contributed by atoms with van der Waals surface area (Å²) in [5.41, 5.74) is 2.80. The molecule has 0 bridgehead atoms. The minimum Gasteiger partial charge on any atom is -0.490 e. The summed E-state index contributed by atoms with van der Waals surface area (Å²) in [4.78, 5) is 30.5. The highest BCUT2D eigenvalue weighted by atomic mass is 32.1. The van der Waals surface area contributed by atoms with Crippen molar-refractivity contribution < 1.29 is 19.1 Å². The van der Waals surface area contributed by atoms with Gasteiger partial charge in [-0.1, -0.05) is 84.9 Å². The van der Waals surface area contributed by atoms with Crippen LogP contribution in [0.3, 0.4) is 0 Å². The van der Waals surface area contributed by atoms with Crippen LogP contribution >= 0.6 is 12.2 Å². The third-order valence-electron chi connectivity index (χ3n) is 7.12. The zero-order valence-corrected chi connectivity index (χ0v) is 24.3. The number of para-hydroxylation sites is 2. The van der Waals surface area contributed by atoms with Crippen LogP contribution in [0.25, 0.3) is 16.8 Å². The minimum absolute atomic E-state index is 0.0202. The number of carbonyl (C=O) groups is 2. The Hall–Kier alpha value is -5.27. The number of hydrogen-bond donors (Lipinski definition) is 0. The summed E-state index contributed by atoms with van der Waals surface area (Å²) in [6.45, 7) is 2.67. The van der Waals surface area contributed by atoms with Gasteiger partial charge >= 0.3 is 0 Å². The fourth-order valence-electron chi connectivity index (χ4n) is 5.08. The Kier molecular flexibility index (Phi) is 7.98. The van der Waals surface area contributed by atoms with Gasteiger partial charge in [0.25, 0.3) is 11.8 Å². The molecule has 1 saturated heterocycles. The van der Waals surface area contributed by atoms with Crippen LogP contribution in [0, 0.1) is 0 Å². The van der Waals surface area contributed by atoms with E-state index < -0.39 is 11.8 Å². The van der Waals surface area contributed by atoms with E-state index in [1.54, 1.807) is 48.5 Å². The van der Waals surface area contributed by atoms with Crippen molar-refractivity contribution in [3.63, 3.8) is 0 Å². The van der Waals surface area contributed by atoms with Gasteiger partial charge in [0.1, 0.15) is 12.2 Å². The van der Waals surface area contributed by atoms with Crippen molar-refractivity contribution in [3.05, 3.63) is 138 Å². The molecule has 212 valence electrons. The first kappa shape index (κ1) is 27.9. The van der Waals surface area contributed by atoms with E-state index in [9.17, 15) is 9.59 Å². The maximum absolute atomic E-state index is 13.8. The van der Waals surface area contributed by atoms with Crippen LogP contribution in [-0.4, -0.2) is 23.5 Å². The first-order valence-corrected chi connectivity index (χ1v) is 14.4. The smallest absolute Gasteiger partial charge is 0.270 e. The average Bonchev–Trinajstić information content (AvgIpc) is 3.04. The summed E-state index contributed by atoms with van der Waals surface area (Å²) in [6.07, 6.45) is 1.58. The predicted molar refractivity (Wildman–Crippen MR) is 174 cm³/mol. The molecule has 0 atom stereocenters. The summed E-state index contributed by atoms with van der Waals surface area (Å²) in [6, 6.07) is 37.9. The van der Waals surface area contributed by atoms with Crippen molar-refractivity contribution in [1.82, 2.24) is 0 Å². The highest BCUT2D eigenvalue weighted by molar-refractivity contribution is 7.81. The zero-order chi connectivity index (χ0) is 29.8. The normalized spacial score (nSPS) is 13.4. The summed E-state index contributed by atoms with van der Waals surface area (Å²) < 4.78 is 12.2. The van der Waals surface area contributed by atoms with Crippen LogP contribution in [0.15, 0.2) is 127 Å². The molecule has 2 amide bonds. The van der Waals surface area contributed by atoms with Gasteiger partial charge in [0.15, 0.2) is 16.6 Å². The molecule has 1 aliphatic heterocycles. The van der Waals surface area contributed by atoms with Crippen molar-refractivity contribution in [1.29, 1.82) is 0 Å². The third kappa shape index (κ3) is 5.63. The van der Waals surface area contributed by atoms with E-state index in [4.69, 9.17) is 21.7 Å². The molecule has 43 heavy (non-hydrogen) atoms. The van der Waals surface area contributed by atoms with E-state index in [2.05, 4.69) is 18.2 Å². The summed E-state index contributed by atoms with van der Waals surface area (Å²) >= 11 is 5.70. The molecule has 6 nitrogen and oxygen atoms in total. The van der Waals surface area contributed by atoms with Gasteiger partial charge in [-0.15, -0.1) is 0 Å². The monoisotopic (exact) mass is 584 g/mol. The Morgan fingerprint density at radius 1 is 0.674 bits per heavy atom. The second-order valence-electron chi connectivity index (χ2n) is 9.86. The van der Waals surface area contributed by atoms with Gasteiger partial charge in [-0.25, -0.2) is 0 Å². The molecule has 5 aromatic rings. The van der Waals surface area contributed by atoms with Crippen LogP contribution in [0.2, 0.25) is 0 Å². The molecule has 0 aliphatic carbocycles. The van der Waals surface area contributed by atoms with Crippen LogP contribution < -0.4 is 19.3 Å². The summed E-state index contributed by atoms with van der Waals surface area (Å²) in [5, 5.41) is 2.37. The van der Waals surface area contributed by atoms with E-state index in [1.165, 1.54) is 9.80 Å². The lowest BCUT2D eigenvalue weighted by Gasteiger charge is -2.36. The third-order valence-corrected chi connectivity index (χ3v) is 7.49. The Labute approximate surface area is 255 Å². The summed E-state index contributed by atoms with van der Waals surface area (Å²) in [5.74, 6) is 0.0876. The number of nitrogens with zero attached hydrogens (tertiary/aromatic N) is 2. The van der Waals surface area contributed by atoms with E-state index in [0.717, 1.165) is 16.3 Å². The lowest BCUT2D eigenvalue weighted by Crippen LogP contribution is -2.56. The number of amides is 2. The van der Waals surface area contributed by atoms with E-state index in [-0.39, 0.29) is 10.7 Å². The minimum atomic E-state index is -0.498. The number of anilines is 2. The zero-order valence-electron chi connectivity index (χ0n) is 23.5. The molecule has 7 heteroatoms. The number of carbonyl (C=O) groups excluding carboxylic acids is 2. The molecule has 6 rings (SSSR count). The van der Waals surface area contributed by atoms with E-state index >= 15 is 0 Å². The molecule has 0 aromatic heterocycles. The number of ether oxygens (including phenoxy) is 2. The van der Waals surface area contributed by atoms with Gasteiger partial charge in [-0.3, -0.25) is 19.4 Å². The summed E-state index contributed by atoms with van der Waals surface area (Å²) in [7, 11) is 0. The van der Waals surface area contributed by atoms with Crippen molar-refractivity contribution in [2.75, 3.05) is 16.4 Å². The predicted octanol–water partition coefficient (Wildman–Crippen LogP) is 7.57. The fourth-order valence-corrected chi connectivity index (χ4v) is 5.46. The highest BCUT2D eigenvalue weighted by Gasteiger charge is 2.41. The molecular weight excluding hydrogens is 556 g/mol. The van der Waals surface area contributed by atoms with Gasteiger partial charge < -0.3 is 9.47 Å². The van der Waals surface area contributed by atoms with Crippen molar-refractivity contribution in [3.8, 4) is 11.5 Å². The molecule has 0 radical (unpaired) electrons. The lowest BCUT2D eigenvalue weighted by molar-refractivity contribution is -0.120. The Balaban J connectivity index is 1.35. The average molecular weight is 585 g/mol. The van der Waals surface area contributed by atoms with Crippen LogP contribution in [0.1, 0.15) is 18.1 Å². The first-order valence-electron chi connectivity index (χ1n) is 14.0. The van der Waals surface area contributed by atoms with Crippen LogP contribution in [0.4, 0.5) is 11.4 Å². The molecular formula is C36H28N2O4S. The van der Waals surface area contributed by atoms with E-state index in [0.29, 0.717) is 41.7 Å².